The van der Waals surface area contributed by atoms with Crippen molar-refractivity contribution in [2.24, 2.45) is 0 Å². The molecule has 0 atom stereocenters. The van der Waals surface area contributed by atoms with Gasteiger partial charge in [0.2, 0.25) is 0 Å². The Labute approximate surface area is 186 Å². The molecule has 0 aliphatic carbocycles. The fourth-order valence-corrected chi connectivity index (χ4v) is 3.34. The van der Waals surface area contributed by atoms with Crippen molar-refractivity contribution in [1.82, 2.24) is 9.99 Å². The van der Waals surface area contributed by atoms with E-state index in [0.717, 1.165) is 16.0 Å². The van der Waals surface area contributed by atoms with Gasteiger partial charge < -0.3 is 10.0 Å². The van der Waals surface area contributed by atoms with Crippen LogP contribution in [-0.4, -0.2) is 65.1 Å². The molecule has 0 amide bonds. The normalized spacial score (nSPS) is 10.6. The molecule has 8 nitrogen and oxygen atoms in total. The zero-order valence-corrected chi connectivity index (χ0v) is 15.8. The SMILES string of the molecule is CN(CC(=O)O)C(=N)NP(=O)(OCc1ccccc1)OCc1ccccc1.[NaH]. The average Bonchev–Trinajstić information content (AvgIpc) is 2.66. The predicted molar refractivity (Wildman–Crippen MR) is 108 cm³/mol. The molecule has 28 heavy (non-hydrogen) atoms. The molecule has 2 aromatic rings. The molecule has 146 valence electrons. The van der Waals surface area contributed by atoms with Crippen molar-refractivity contribution in [2.75, 3.05) is 13.6 Å². The number of guanidine groups is 1. The summed E-state index contributed by atoms with van der Waals surface area (Å²) in [4.78, 5) is 11.9. The van der Waals surface area contributed by atoms with Gasteiger partial charge in [0.25, 0.3) is 0 Å². The van der Waals surface area contributed by atoms with Crippen LogP contribution in [0, 0.1) is 5.41 Å². The number of rotatable bonds is 9. The van der Waals surface area contributed by atoms with E-state index in [1.54, 1.807) is 0 Å². The van der Waals surface area contributed by atoms with Gasteiger partial charge in [-0.3, -0.25) is 24.3 Å². The Hall–Kier alpha value is -1.67. The Morgan fingerprint density at radius 2 is 1.46 bits per heavy atom. The van der Waals surface area contributed by atoms with E-state index in [9.17, 15) is 9.36 Å². The van der Waals surface area contributed by atoms with Crippen LogP contribution in [0.2, 0.25) is 0 Å². The number of nitrogens with zero attached hydrogens (tertiary/aromatic N) is 1. The van der Waals surface area contributed by atoms with E-state index in [4.69, 9.17) is 19.6 Å². The van der Waals surface area contributed by atoms with Crippen molar-refractivity contribution >= 4 is 49.2 Å². The molecule has 0 saturated heterocycles. The fourth-order valence-electron chi connectivity index (χ4n) is 2.07. The third-order valence-electron chi connectivity index (χ3n) is 3.48. The molecule has 2 aromatic carbocycles. The van der Waals surface area contributed by atoms with Gasteiger partial charge in [-0.25, -0.2) is 4.57 Å². The van der Waals surface area contributed by atoms with Crippen LogP contribution < -0.4 is 5.09 Å². The molecule has 0 heterocycles. The zero-order valence-electron chi connectivity index (χ0n) is 14.9. The Bertz CT molecular complexity index is 760. The number of hydrogen-bond donors (Lipinski definition) is 3. The summed E-state index contributed by atoms with van der Waals surface area (Å²) in [5.41, 5.74) is 1.57. The molecule has 3 N–H and O–H groups in total. The summed E-state index contributed by atoms with van der Waals surface area (Å²) in [5.74, 6) is -1.49. The number of benzene rings is 2. The molecule has 0 unspecified atom stereocenters. The second-order valence-electron chi connectivity index (χ2n) is 5.73. The molecule has 0 saturated carbocycles. The van der Waals surface area contributed by atoms with Crippen LogP contribution in [0.25, 0.3) is 0 Å². The Balaban J connectivity index is 0.00000392. The number of likely N-dealkylation sites (N-methyl/N-ethyl adjacent to an activating group) is 1. The molecular formula is C18H23N3NaO5P. The van der Waals surface area contributed by atoms with Crippen LogP contribution in [0.5, 0.6) is 0 Å². The summed E-state index contributed by atoms with van der Waals surface area (Å²) in [5, 5.41) is 19.2. The zero-order chi connectivity index (χ0) is 19.7. The van der Waals surface area contributed by atoms with Crippen LogP contribution in [0.15, 0.2) is 60.7 Å². The molecule has 2 rings (SSSR count). The van der Waals surface area contributed by atoms with Crippen LogP contribution in [0.1, 0.15) is 11.1 Å². The minimum atomic E-state index is -3.91. The monoisotopic (exact) mass is 415 g/mol. The van der Waals surface area contributed by atoms with Crippen molar-refractivity contribution in [2.45, 2.75) is 13.2 Å². The number of carboxylic acids is 1. The summed E-state index contributed by atoms with van der Waals surface area (Å²) in [6.45, 7) is -0.408. The van der Waals surface area contributed by atoms with Gasteiger partial charge in [-0.15, -0.1) is 0 Å². The maximum atomic E-state index is 13.1. The third kappa shape index (κ3) is 8.56. The summed E-state index contributed by atoms with van der Waals surface area (Å²) in [6, 6.07) is 18.2. The van der Waals surface area contributed by atoms with Crippen molar-refractivity contribution in [3.05, 3.63) is 71.8 Å². The topological polar surface area (TPSA) is 112 Å². The molecule has 0 spiro atoms. The standard InChI is InChI=1S/C18H22N3O5P.Na.H/c1-21(12-17(22)23)18(19)20-27(24,25-13-15-8-4-2-5-9-15)26-14-16-10-6-3-7-11-16;;/h2-11H,12-14H2,1H3,(H,22,23)(H2,19,20,24);;. The van der Waals surface area contributed by atoms with E-state index in [1.807, 2.05) is 60.7 Å². The van der Waals surface area contributed by atoms with Crippen molar-refractivity contribution in [3.63, 3.8) is 0 Å². The second kappa shape index (κ2) is 12.0. The summed E-state index contributed by atoms with van der Waals surface area (Å²) < 4.78 is 24.0. The molecule has 10 heteroatoms. The third-order valence-corrected chi connectivity index (χ3v) is 4.91. The predicted octanol–water partition coefficient (Wildman–Crippen LogP) is 2.42. The Morgan fingerprint density at radius 1 is 1.04 bits per heavy atom. The van der Waals surface area contributed by atoms with Gasteiger partial charge in [0.05, 0.1) is 13.2 Å². The molecule has 0 aromatic heterocycles. The van der Waals surface area contributed by atoms with Gasteiger partial charge in [-0.1, -0.05) is 60.7 Å². The van der Waals surface area contributed by atoms with Crippen molar-refractivity contribution in [3.8, 4) is 0 Å². The van der Waals surface area contributed by atoms with Gasteiger partial charge in [-0.05, 0) is 11.1 Å². The average molecular weight is 415 g/mol. The van der Waals surface area contributed by atoms with E-state index < -0.39 is 20.3 Å². The number of nitrogens with one attached hydrogen (secondary N) is 2. The Morgan fingerprint density at radius 3 is 1.86 bits per heavy atom. The van der Waals surface area contributed by atoms with Crippen LogP contribution in [0.3, 0.4) is 0 Å². The molecular weight excluding hydrogens is 392 g/mol. The summed E-state index contributed by atoms with van der Waals surface area (Å²) >= 11 is 0. The van der Waals surface area contributed by atoms with Crippen LogP contribution in [0.4, 0.5) is 0 Å². The van der Waals surface area contributed by atoms with Crippen molar-refractivity contribution < 1.29 is 23.5 Å². The van der Waals surface area contributed by atoms with E-state index in [-0.39, 0.29) is 48.7 Å². The fraction of sp³-hybridized carbons (Fsp3) is 0.222. The van der Waals surface area contributed by atoms with Crippen LogP contribution >= 0.6 is 7.75 Å². The maximum absolute atomic E-state index is 13.1. The number of carbonyl (C=O) groups is 1. The summed E-state index contributed by atoms with van der Waals surface area (Å²) in [6.07, 6.45) is 0. The number of carboxylic acid groups (broad SMARTS) is 1. The minimum absolute atomic E-state index is 0. The summed E-state index contributed by atoms with van der Waals surface area (Å²) in [7, 11) is -2.52. The quantitative estimate of drug-likeness (QED) is 0.250. The second-order valence-corrected chi connectivity index (χ2v) is 7.46. The van der Waals surface area contributed by atoms with Crippen molar-refractivity contribution in [1.29, 1.82) is 5.41 Å². The first kappa shape index (κ1) is 24.4. The van der Waals surface area contributed by atoms with Gasteiger partial charge in [0.15, 0.2) is 5.96 Å². The van der Waals surface area contributed by atoms with E-state index >= 15 is 0 Å². The van der Waals surface area contributed by atoms with E-state index in [2.05, 4.69) is 5.09 Å². The first-order chi connectivity index (χ1) is 12.9. The van der Waals surface area contributed by atoms with E-state index in [0.29, 0.717) is 0 Å². The van der Waals surface area contributed by atoms with Gasteiger partial charge in [0.1, 0.15) is 6.54 Å². The van der Waals surface area contributed by atoms with E-state index in [1.165, 1.54) is 7.05 Å². The molecule has 0 radical (unpaired) electrons. The molecule has 0 bridgehead atoms. The number of hydrogen-bond acceptors (Lipinski definition) is 5. The molecule has 0 aliphatic rings. The van der Waals surface area contributed by atoms with Gasteiger partial charge >= 0.3 is 43.3 Å². The molecule has 0 fully saturated rings. The molecule has 0 aliphatic heterocycles. The first-order valence-electron chi connectivity index (χ1n) is 8.15. The van der Waals surface area contributed by atoms with Gasteiger partial charge in [-0.2, -0.15) is 0 Å². The van der Waals surface area contributed by atoms with Gasteiger partial charge in [0, 0.05) is 7.05 Å². The van der Waals surface area contributed by atoms with Crippen LogP contribution in [-0.2, 0) is 31.6 Å². The first-order valence-corrected chi connectivity index (χ1v) is 9.69. The Kier molecular flexibility index (Phi) is 10.5. The number of aliphatic carboxylic acids is 1.